The molecule has 0 amide bonds. The summed E-state index contributed by atoms with van der Waals surface area (Å²) in [5, 5.41) is 40.3. The van der Waals surface area contributed by atoms with Crippen LogP contribution in [-0.4, -0.2) is 110 Å². The second-order valence-corrected chi connectivity index (χ2v) is 8.92. The summed E-state index contributed by atoms with van der Waals surface area (Å²) in [6.07, 6.45) is 4.79. The number of carboxylic acid groups (broad SMARTS) is 3. The maximum Gasteiger partial charge on any atom is 0.354 e. The Labute approximate surface area is 220 Å². The lowest BCUT2D eigenvalue weighted by Gasteiger charge is -2.31. The number of hydrogen-bond acceptors (Lipinski definition) is 9. The molecule has 0 fully saturated rings. The fourth-order valence-corrected chi connectivity index (χ4v) is 4.04. The van der Waals surface area contributed by atoms with Crippen LogP contribution >= 0.6 is 0 Å². The minimum absolute atomic E-state index is 0.0716. The maximum absolute atomic E-state index is 12.2. The maximum atomic E-state index is 12.2. The zero-order chi connectivity index (χ0) is 27.5. The first-order chi connectivity index (χ1) is 18.2. The molecule has 13 heteroatoms. The molecule has 1 aliphatic heterocycles. The lowest BCUT2D eigenvalue weighted by Crippen LogP contribution is -2.44. The summed E-state index contributed by atoms with van der Waals surface area (Å²) in [6, 6.07) is 9.83. The normalized spacial score (nSPS) is 16.8. The van der Waals surface area contributed by atoms with Gasteiger partial charge < -0.3 is 30.3 Å². The third kappa shape index (κ3) is 9.33. The summed E-state index contributed by atoms with van der Waals surface area (Å²) in [5.41, 5.74) is 0.973. The van der Waals surface area contributed by atoms with E-state index in [-0.39, 0.29) is 25.3 Å². The molecule has 13 nitrogen and oxygen atoms in total. The van der Waals surface area contributed by atoms with Crippen molar-refractivity contribution >= 4 is 17.9 Å². The van der Waals surface area contributed by atoms with Crippen LogP contribution in [0.1, 0.15) is 21.9 Å². The number of pyridine rings is 2. The number of carboxylic acids is 3. The predicted molar refractivity (Wildman–Crippen MR) is 135 cm³/mol. The van der Waals surface area contributed by atoms with Gasteiger partial charge in [0, 0.05) is 70.3 Å². The summed E-state index contributed by atoms with van der Waals surface area (Å²) in [6.45, 7) is 2.61. The number of carbonyl (C=O) groups is 3. The Morgan fingerprint density at radius 1 is 0.789 bits per heavy atom. The number of rotatable bonds is 9. The van der Waals surface area contributed by atoms with Crippen LogP contribution in [0.25, 0.3) is 0 Å². The van der Waals surface area contributed by atoms with E-state index in [1.807, 2.05) is 9.80 Å². The standard InChI is InChI=1S/C25H32N6O7/c32-23(33)18-29-12-8-27(16-20-4-3-6-22(26-20)25(36)37)9-13-30(19-24(34)35)15-11-28(10-14-29)17-21-5-1-2-7-31(21)38/h1-7,10,14H,8-9,11-13,15-19H2,(H,32,33)(H,34,35)(H,36,37)/b14-10-. The molecule has 0 saturated heterocycles. The van der Waals surface area contributed by atoms with E-state index in [0.29, 0.717) is 57.2 Å². The van der Waals surface area contributed by atoms with Gasteiger partial charge in [-0.3, -0.25) is 19.4 Å². The van der Waals surface area contributed by atoms with Crippen LogP contribution in [0.4, 0.5) is 0 Å². The number of aliphatic carboxylic acids is 2. The molecule has 0 aliphatic carbocycles. The Balaban J connectivity index is 1.83. The van der Waals surface area contributed by atoms with Crippen molar-refractivity contribution in [3.8, 4) is 0 Å². The Morgan fingerprint density at radius 3 is 2.16 bits per heavy atom. The highest BCUT2D eigenvalue weighted by molar-refractivity contribution is 5.85. The first-order valence-corrected chi connectivity index (χ1v) is 12.1. The lowest BCUT2D eigenvalue weighted by molar-refractivity contribution is -0.615. The van der Waals surface area contributed by atoms with Crippen molar-refractivity contribution in [1.29, 1.82) is 0 Å². The molecule has 204 valence electrons. The molecule has 38 heavy (non-hydrogen) atoms. The van der Waals surface area contributed by atoms with E-state index in [4.69, 9.17) is 0 Å². The molecule has 0 spiro atoms. The van der Waals surface area contributed by atoms with Gasteiger partial charge in [-0.2, -0.15) is 4.73 Å². The molecule has 0 unspecified atom stereocenters. The Hall–Kier alpha value is -4.23. The molecule has 0 bridgehead atoms. The van der Waals surface area contributed by atoms with Crippen LogP contribution < -0.4 is 4.73 Å². The molecule has 0 saturated carbocycles. The van der Waals surface area contributed by atoms with Crippen molar-refractivity contribution in [2.24, 2.45) is 0 Å². The van der Waals surface area contributed by atoms with Crippen LogP contribution in [-0.2, 0) is 22.7 Å². The van der Waals surface area contributed by atoms with Gasteiger partial charge in [-0.05, 0) is 18.2 Å². The average Bonchev–Trinajstić information content (AvgIpc) is 2.86. The van der Waals surface area contributed by atoms with Crippen molar-refractivity contribution < 1.29 is 34.4 Å². The summed E-state index contributed by atoms with van der Waals surface area (Å²) in [7, 11) is 0. The van der Waals surface area contributed by atoms with E-state index < -0.39 is 17.9 Å². The fraction of sp³-hybridized carbons (Fsp3) is 0.400. The fourth-order valence-electron chi connectivity index (χ4n) is 4.04. The molecule has 1 aliphatic rings. The lowest BCUT2D eigenvalue weighted by atomic mass is 10.2. The van der Waals surface area contributed by atoms with E-state index in [1.54, 1.807) is 52.5 Å². The van der Waals surface area contributed by atoms with E-state index >= 15 is 0 Å². The summed E-state index contributed by atoms with van der Waals surface area (Å²) >= 11 is 0. The van der Waals surface area contributed by atoms with Crippen molar-refractivity contribution in [3.05, 3.63) is 77.3 Å². The number of aromatic nitrogens is 2. The van der Waals surface area contributed by atoms with Gasteiger partial charge >= 0.3 is 17.9 Å². The summed E-state index contributed by atoms with van der Waals surface area (Å²) in [4.78, 5) is 45.8. The highest BCUT2D eigenvalue weighted by Crippen LogP contribution is 2.08. The van der Waals surface area contributed by atoms with Crippen molar-refractivity contribution in [2.75, 3.05) is 52.4 Å². The molecule has 3 rings (SSSR count). The minimum atomic E-state index is -1.13. The zero-order valence-electron chi connectivity index (χ0n) is 20.9. The van der Waals surface area contributed by atoms with Gasteiger partial charge in [-0.15, -0.1) is 0 Å². The largest absolute Gasteiger partial charge is 0.618 e. The Bertz CT molecular complexity index is 1140. The average molecular weight is 529 g/mol. The number of aromatic carboxylic acids is 1. The van der Waals surface area contributed by atoms with Crippen molar-refractivity contribution in [3.63, 3.8) is 0 Å². The molecule has 2 aromatic heterocycles. The second-order valence-electron chi connectivity index (χ2n) is 8.92. The van der Waals surface area contributed by atoms with Gasteiger partial charge in [0.2, 0.25) is 5.69 Å². The van der Waals surface area contributed by atoms with E-state index in [1.165, 1.54) is 12.3 Å². The quantitative estimate of drug-likeness (QED) is 0.295. The third-order valence-corrected chi connectivity index (χ3v) is 6.01. The summed E-state index contributed by atoms with van der Waals surface area (Å²) in [5.74, 6) is -3.09. The zero-order valence-corrected chi connectivity index (χ0v) is 20.9. The summed E-state index contributed by atoms with van der Waals surface area (Å²) < 4.78 is 0.763. The molecule has 0 radical (unpaired) electrons. The van der Waals surface area contributed by atoms with Crippen LogP contribution in [0.15, 0.2) is 55.0 Å². The van der Waals surface area contributed by atoms with E-state index in [2.05, 4.69) is 4.98 Å². The van der Waals surface area contributed by atoms with Crippen molar-refractivity contribution in [1.82, 2.24) is 24.6 Å². The second kappa shape index (κ2) is 13.9. The SMILES string of the molecule is O=C(O)CN1/C=C\N(Cc2cccc[n+]2[O-])CCN(CC(=O)O)CCN(Cc2cccc(C(=O)O)n2)CC1. The van der Waals surface area contributed by atoms with Crippen molar-refractivity contribution in [2.45, 2.75) is 13.1 Å². The molecule has 3 N–H and O–H groups in total. The van der Waals surface area contributed by atoms with Gasteiger partial charge in [0.25, 0.3) is 0 Å². The van der Waals surface area contributed by atoms with E-state index in [9.17, 15) is 34.9 Å². The van der Waals surface area contributed by atoms with Gasteiger partial charge in [-0.1, -0.05) is 6.07 Å². The molecule has 2 aromatic rings. The van der Waals surface area contributed by atoms with Crippen LogP contribution in [0, 0.1) is 5.21 Å². The third-order valence-electron chi connectivity index (χ3n) is 6.01. The molecule has 3 heterocycles. The van der Waals surface area contributed by atoms with Crippen LogP contribution in [0.3, 0.4) is 0 Å². The minimum Gasteiger partial charge on any atom is -0.618 e. The first-order valence-electron chi connectivity index (χ1n) is 12.1. The smallest absolute Gasteiger partial charge is 0.354 e. The van der Waals surface area contributed by atoms with Gasteiger partial charge in [0.1, 0.15) is 18.8 Å². The molecule has 0 atom stereocenters. The number of hydrogen-bond donors (Lipinski definition) is 3. The Morgan fingerprint density at radius 2 is 1.45 bits per heavy atom. The monoisotopic (exact) mass is 528 g/mol. The van der Waals surface area contributed by atoms with Crippen LogP contribution in [0.5, 0.6) is 0 Å². The van der Waals surface area contributed by atoms with Crippen LogP contribution in [0.2, 0.25) is 0 Å². The highest BCUT2D eigenvalue weighted by atomic mass is 16.5. The van der Waals surface area contributed by atoms with Gasteiger partial charge in [0.05, 0.1) is 12.2 Å². The molecule has 0 aromatic carbocycles. The van der Waals surface area contributed by atoms with Gasteiger partial charge in [0.15, 0.2) is 6.20 Å². The van der Waals surface area contributed by atoms with Gasteiger partial charge in [-0.25, -0.2) is 9.78 Å². The first kappa shape index (κ1) is 28.3. The topological polar surface area (TPSA) is 165 Å². The Kier molecular flexibility index (Phi) is 10.4. The number of nitrogens with zero attached hydrogens (tertiary/aromatic N) is 6. The van der Waals surface area contributed by atoms with E-state index in [0.717, 1.165) is 4.73 Å². The molecular weight excluding hydrogens is 496 g/mol. The predicted octanol–water partition coefficient (Wildman–Crippen LogP) is -0.0246. The molecular formula is C25H32N6O7. The highest BCUT2D eigenvalue weighted by Gasteiger charge is 2.18.